The van der Waals surface area contributed by atoms with E-state index in [9.17, 15) is 5.11 Å². The van der Waals surface area contributed by atoms with Crippen LogP contribution in [-0.4, -0.2) is 16.5 Å². The fraction of sp³-hybridized carbons (Fsp3) is 0.364. The second kappa shape index (κ2) is 5.27. The van der Waals surface area contributed by atoms with Gasteiger partial charge < -0.3 is 10.3 Å². The van der Waals surface area contributed by atoms with E-state index in [1.807, 2.05) is 12.1 Å². The van der Waals surface area contributed by atoms with Crippen molar-refractivity contribution in [2.75, 3.05) is 0 Å². The number of unbranched alkanes of at least 4 members (excludes halogenated alkanes) is 1. The van der Waals surface area contributed by atoms with Crippen molar-refractivity contribution in [3.8, 4) is 5.75 Å². The van der Waals surface area contributed by atoms with Crippen molar-refractivity contribution < 1.29 is 10.3 Å². The molecule has 0 aliphatic heterocycles. The minimum atomic E-state index is 0.142. The van der Waals surface area contributed by atoms with E-state index in [2.05, 4.69) is 12.1 Å². The molecule has 0 fully saturated rings. The Morgan fingerprint density at radius 1 is 1.43 bits per heavy atom. The number of hydrogen-bond acceptors (Lipinski definition) is 3. The highest BCUT2D eigenvalue weighted by atomic mass is 16.4. The molecular formula is C11H15NO2. The van der Waals surface area contributed by atoms with Crippen LogP contribution in [0, 0.1) is 0 Å². The molecule has 0 aromatic heterocycles. The SMILES string of the molecule is CCCCc1ccc(O)c(/C=N/O)c1. The van der Waals surface area contributed by atoms with Crippen molar-refractivity contribution in [3.63, 3.8) is 0 Å². The van der Waals surface area contributed by atoms with Crippen molar-refractivity contribution in [1.29, 1.82) is 0 Å². The Morgan fingerprint density at radius 3 is 2.86 bits per heavy atom. The summed E-state index contributed by atoms with van der Waals surface area (Å²) in [4.78, 5) is 0. The molecule has 3 heteroatoms. The van der Waals surface area contributed by atoms with E-state index in [-0.39, 0.29) is 5.75 Å². The number of phenolic OH excluding ortho intramolecular Hbond substituents is 1. The summed E-state index contributed by atoms with van der Waals surface area (Å²) >= 11 is 0. The maximum Gasteiger partial charge on any atom is 0.124 e. The zero-order valence-corrected chi connectivity index (χ0v) is 8.27. The summed E-state index contributed by atoms with van der Waals surface area (Å²) in [7, 11) is 0. The third kappa shape index (κ3) is 2.76. The van der Waals surface area contributed by atoms with E-state index in [1.165, 1.54) is 6.21 Å². The zero-order valence-electron chi connectivity index (χ0n) is 8.27. The van der Waals surface area contributed by atoms with Crippen molar-refractivity contribution >= 4 is 6.21 Å². The lowest BCUT2D eigenvalue weighted by atomic mass is 10.1. The fourth-order valence-corrected chi connectivity index (χ4v) is 1.31. The van der Waals surface area contributed by atoms with Gasteiger partial charge in [-0.25, -0.2) is 0 Å². The van der Waals surface area contributed by atoms with Crippen LogP contribution in [0.4, 0.5) is 0 Å². The molecule has 1 aromatic rings. The average molecular weight is 193 g/mol. The van der Waals surface area contributed by atoms with Crippen LogP contribution >= 0.6 is 0 Å². The molecule has 0 atom stereocenters. The van der Waals surface area contributed by atoms with Gasteiger partial charge in [-0.2, -0.15) is 0 Å². The van der Waals surface area contributed by atoms with Crippen molar-refractivity contribution in [2.24, 2.45) is 5.16 Å². The molecule has 0 radical (unpaired) electrons. The average Bonchev–Trinajstić information content (AvgIpc) is 2.19. The van der Waals surface area contributed by atoms with E-state index in [0.29, 0.717) is 5.56 Å². The fourth-order valence-electron chi connectivity index (χ4n) is 1.31. The van der Waals surface area contributed by atoms with Crippen LogP contribution in [0.1, 0.15) is 30.9 Å². The predicted molar refractivity (Wildman–Crippen MR) is 56.1 cm³/mol. The molecule has 0 saturated heterocycles. The summed E-state index contributed by atoms with van der Waals surface area (Å²) in [5.41, 5.74) is 1.71. The number of aryl methyl sites for hydroxylation is 1. The van der Waals surface area contributed by atoms with E-state index in [0.717, 1.165) is 24.8 Å². The van der Waals surface area contributed by atoms with E-state index < -0.39 is 0 Å². The Hall–Kier alpha value is -1.51. The maximum atomic E-state index is 9.39. The van der Waals surface area contributed by atoms with Crippen LogP contribution in [0.2, 0.25) is 0 Å². The van der Waals surface area contributed by atoms with Crippen LogP contribution in [0.3, 0.4) is 0 Å². The topological polar surface area (TPSA) is 52.8 Å². The van der Waals surface area contributed by atoms with Crippen LogP contribution < -0.4 is 0 Å². The molecule has 76 valence electrons. The number of phenols is 1. The molecule has 14 heavy (non-hydrogen) atoms. The summed E-state index contributed by atoms with van der Waals surface area (Å²) in [6.45, 7) is 2.14. The molecule has 0 spiro atoms. The highest BCUT2D eigenvalue weighted by molar-refractivity contribution is 5.83. The molecule has 1 aromatic carbocycles. The minimum absolute atomic E-state index is 0.142. The van der Waals surface area contributed by atoms with Gasteiger partial charge in [-0.3, -0.25) is 0 Å². The smallest absolute Gasteiger partial charge is 0.124 e. The number of aromatic hydroxyl groups is 1. The van der Waals surface area contributed by atoms with Gasteiger partial charge in [0.1, 0.15) is 5.75 Å². The van der Waals surface area contributed by atoms with Crippen LogP contribution in [0.5, 0.6) is 5.75 Å². The largest absolute Gasteiger partial charge is 0.507 e. The van der Waals surface area contributed by atoms with Gasteiger partial charge in [0.2, 0.25) is 0 Å². The van der Waals surface area contributed by atoms with Gasteiger partial charge >= 0.3 is 0 Å². The van der Waals surface area contributed by atoms with E-state index in [1.54, 1.807) is 6.07 Å². The lowest BCUT2D eigenvalue weighted by Crippen LogP contribution is -1.89. The summed E-state index contributed by atoms with van der Waals surface area (Å²) in [5, 5.41) is 20.7. The summed E-state index contributed by atoms with van der Waals surface area (Å²) < 4.78 is 0. The van der Waals surface area contributed by atoms with Gasteiger partial charge in [0.15, 0.2) is 0 Å². The molecule has 0 heterocycles. The van der Waals surface area contributed by atoms with Gasteiger partial charge in [0.25, 0.3) is 0 Å². The van der Waals surface area contributed by atoms with Crippen LogP contribution in [-0.2, 0) is 6.42 Å². The molecule has 1 rings (SSSR count). The summed E-state index contributed by atoms with van der Waals surface area (Å²) in [6.07, 6.45) is 4.50. The monoisotopic (exact) mass is 193 g/mol. The first-order chi connectivity index (χ1) is 6.77. The van der Waals surface area contributed by atoms with Gasteiger partial charge in [-0.05, 0) is 30.5 Å². The molecule has 0 amide bonds. The first-order valence-electron chi connectivity index (χ1n) is 4.77. The molecule has 0 unspecified atom stereocenters. The minimum Gasteiger partial charge on any atom is -0.507 e. The molecule has 0 aliphatic carbocycles. The number of hydrogen-bond donors (Lipinski definition) is 2. The van der Waals surface area contributed by atoms with Crippen molar-refractivity contribution in [2.45, 2.75) is 26.2 Å². The zero-order chi connectivity index (χ0) is 10.4. The third-order valence-corrected chi connectivity index (χ3v) is 2.11. The first-order valence-corrected chi connectivity index (χ1v) is 4.77. The normalized spacial score (nSPS) is 10.9. The molecule has 0 aliphatic rings. The molecule has 3 nitrogen and oxygen atoms in total. The first kappa shape index (κ1) is 10.6. The van der Waals surface area contributed by atoms with E-state index in [4.69, 9.17) is 5.21 Å². The highest BCUT2D eigenvalue weighted by Crippen LogP contribution is 2.17. The van der Waals surface area contributed by atoms with Gasteiger partial charge in [0.05, 0.1) is 6.21 Å². The lowest BCUT2D eigenvalue weighted by molar-refractivity contribution is 0.321. The van der Waals surface area contributed by atoms with Crippen LogP contribution in [0.25, 0.3) is 0 Å². The number of oxime groups is 1. The molecule has 0 saturated carbocycles. The second-order valence-corrected chi connectivity index (χ2v) is 3.24. The van der Waals surface area contributed by atoms with Crippen molar-refractivity contribution in [1.82, 2.24) is 0 Å². The van der Waals surface area contributed by atoms with Crippen molar-refractivity contribution in [3.05, 3.63) is 29.3 Å². The number of nitrogens with zero attached hydrogens (tertiary/aromatic N) is 1. The van der Waals surface area contributed by atoms with Gasteiger partial charge in [-0.1, -0.05) is 24.6 Å². The Kier molecular flexibility index (Phi) is 3.98. The Morgan fingerprint density at radius 2 is 2.21 bits per heavy atom. The van der Waals surface area contributed by atoms with Crippen LogP contribution in [0.15, 0.2) is 23.4 Å². The predicted octanol–water partition coefficient (Wildman–Crippen LogP) is 2.54. The third-order valence-electron chi connectivity index (χ3n) is 2.11. The highest BCUT2D eigenvalue weighted by Gasteiger charge is 2.00. The second-order valence-electron chi connectivity index (χ2n) is 3.24. The Bertz CT molecular complexity index is 321. The molecule has 2 N–H and O–H groups in total. The van der Waals surface area contributed by atoms with Gasteiger partial charge in [-0.15, -0.1) is 0 Å². The Balaban J connectivity index is 2.83. The quantitative estimate of drug-likeness (QED) is 0.438. The number of benzene rings is 1. The van der Waals surface area contributed by atoms with E-state index >= 15 is 0 Å². The summed E-state index contributed by atoms with van der Waals surface area (Å²) in [6, 6.07) is 5.35. The molecule has 0 bridgehead atoms. The maximum absolute atomic E-state index is 9.39. The standard InChI is InChI=1S/C11H15NO2/c1-2-3-4-9-5-6-11(13)10(7-9)8-12-14/h5-8,13-14H,2-4H2,1H3/b12-8+. The summed E-state index contributed by atoms with van der Waals surface area (Å²) in [5.74, 6) is 0.142. The number of rotatable bonds is 4. The lowest BCUT2D eigenvalue weighted by Gasteiger charge is -2.03. The van der Waals surface area contributed by atoms with Gasteiger partial charge in [0, 0.05) is 5.56 Å². The Labute approximate surface area is 83.7 Å². The molecular weight excluding hydrogens is 178 g/mol.